The molecule has 3 N–H and O–H groups in total. The maximum absolute atomic E-state index is 6.01. The van der Waals surface area contributed by atoms with Gasteiger partial charge in [-0.1, -0.05) is 18.6 Å². The number of para-hydroxylation sites is 2. The molecular formula is C20H27IN4O2. The van der Waals surface area contributed by atoms with E-state index in [1.54, 1.807) is 13.3 Å². The molecule has 0 saturated heterocycles. The van der Waals surface area contributed by atoms with Gasteiger partial charge in [-0.3, -0.25) is 0 Å². The van der Waals surface area contributed by atoms with Crippen LogP contribution < -0.4 is 20.5 Å². The van der Waals surface area contributed by atoms with E-state index in [0.29, 0.717) is 18.4 Å². The Morgan fingerprint density at radius 1 is 1.22 bits per heavy atom. The minimum atomic E-state index is 0. The number of hydrogen-bond donors (Lipinski definition) is 2. The number of rotatable bonds is 6. The Morgan fingerprint density at radius 3 is 2.78 bits per heavy atom. The monoisotopic (exact) mass is 482 g/mol. The second-order valence-corrected chi connectivity index (χ2v) is 6.41. The Hall–Kier alpha value is -2.03. The van der Waals surface area contributed by atoms with Gasteiger partial charge in [0.2, 0.25) is 5.88 Å². The maximum Gasteiger partial charge on any atom is 0.213 e. The average molecular weight is 482 g/mol. The summed E-state index contributed by atoms with van der Waals surface area (Å²) in [5.41, 5.74) is 7.80. The van der Waals surface area contributed by atoms with Crippen LogP contribution in [0.4, 0.5) is 5.69 Å². The number of halogens is 1. The molecule has 1 aliphatic rings. The Morgan fingerprint density at radius 2 is 2.00 bits per heavy atom. The first kappa shape index (κ1) is 21.3. The molecule has 0 atom stereocenters. The highest BCUT2D eigenvalue weighted by Crippen LogP contribution is 2.24. The Bertz CT molecular complexity index is 748. The number of pyridine rings is 1. The normalized spacial score (nSPS) is 14.9. The van der Waals surface area contributed by atoms with Crippen LogP contribution in [-0.2, 0) is 6.54 Å². The first-order valence-electron chi connectivity index (χ1n) is 9.06. The fourth-order valence-electron chi connectivity index (χ4n) is 3.07. The van der Waals surface area contributed by atoms with E-state index in [1.807, 2.05) is 36.4 Å². The molecule has 1 heterocycles. The second kappa shape index (κ2) is 11.0. The molecule has 3 rings (SSSR count). The third-order valence-corrected chi connectivity index (χ3v) is 4.44. The summed E-state index contributed by atoms with van der Waals surface area (Å²) in [6, 6.07) is 11.4. The van der Waals surface area contributed by atoms with Crippen LogP contribution in [0.5, 0.6) is 11.6 Å². The van der Waals surface area contributed by atoms with E-state index in [1.165, 1.54) is 19.3 Å². The van der Waals surface area contributed by atoms with Crippen molar-refractivity contribution < 1.29 is 9.47 Å². The summed E-state index contributed by atoms with van der Waals surface area (Å²) >= 11 is 0. The predicted octanol–water partition coefficient (Wildman–Crippen LogP) is 4.35. The van der Waals surface area contributed by atoms with Crippen LogP contribution in [0.15, 0.2) is 47.6 Å². The lowest BCUT2D eigenvalue weighted by Gasteiger charge is -2.22. The summed E-state index contributed by atoms with van der Waals surface area (Å²) in [7, 11) is 1.62. The maximum atomic E-state index is 6.01. The number of aliphatic imine (C=N–C) groups is 1. The van der Waals surface area contributed by atoms with Gasteiger partial charge in [0.25, 0.3) is 0 Å². The first-order chi connectivity index (χ1) is 12.7. The number of hydrogen-bond acceptors (Lipinski definition) is 4. The van der Waals surface area contributed by atoms with Crippen molar-refractivity contribution in [2.24, 2.45) is 10.7 Å². The number of benzene rings is 1. The molecule has 0 aliphatic heterocycles. The van der Waals surface area contributed by atoms with Crippen molar-refractivity contribution in [2.45, 2.75) is 44.8 Å². The van der Waals surface area contributed by atoms with Crippen LogP contribution >= 0.6 is 24.0 Å². The Balaban J connectivity index is 0.00000261. The van der Waals surface area contributed by atoms with Crippen LogP contribution in [0.1, 0.15) is 37.7 Å². The summed E-state index contributed by atoms with van der Waals surface area (Å²) < 4.78 is 11.3. The minimum absolute atomic E-state index is 0. The van der Waals surface area contributed by atoms with Crippen molar-refractivity contribution in [1.29, 1.82) is 0 Å². The van der Waals surface area contributed by atoms with Crippen molar-refractivity contribution in [3.63, 3.8) is 0 Å². The molecule has 1 aromatic carbocycles. The molecule has 1 aliphatic carbocycles. The largest absolute Gasteiger partial charge is 0.495 e. The summed E-state index contributed by atoms with van der Waals surface area (Å²) in [4.78, 5) is 8.71. The number of methoxy groups -OCH3 is 1. The summed E-state index contributed by atoms with van der Waals surface area (Å²) in [6.07, 6.45) is 8.04. The van der Waals surface area contributed by atoms with E-state index in [-0.39, 0.29) is 30.1 Å². The van der Waals surface area contributed by atoms with Gasteiger partial charge in [0.15, 0.2) is 5.96 Å². The van der Waals surface area contributed by atoms with E-state index in [2.05, 4.69) is 15.3 Å². The molecule has 1 aromatic heterocycles. The van der Waals surface area contributed by atoms with Crippen LogP contribution in [0, 0.1) is 0 Å². The number of nitrogens with zero attached hydrogens (tertiary/aromatic N) is 2. The molecule has 7 heteroatoms. The van der Waals surface area contributed by atoms with Gasteiger partial charge in [-0.05, 0) is 49.4 Å². The van der Waals surface area contributed by atoms with Crippen LogP contribution in [-0.4, -0.2) is 24.2 Å². The fourth-order valence-corrected chi connectivity index (χ4v) is 3.07. The first-order valence-corrected chi connectivity index (χ1v) is 9.06. The second-order valence-electron chi connectivity index (χ2n) is 6.41. The number of aromatic nitrogens is 1. The zero-order valence-electron chi connectivity index (χ0n) is 15.6. The minimum Gasteiger partial charge on any atom is -0.495 e. The lowest BCUT2D eigenvalue weighted by atomic mass is 9.98. The van der Waals surface area contributed by atoms with Crippen LogP contribution in [0.2, 0.25) is 0 Å². The van der Waals surface area contributed by atoms with Crippen LogP contribution in [0.3, 0.4) is 0 Å². The van der Waals surface area contributed by atoms with Crippen molar-refractivity contribution in [2.75, 3.05) is 12.4 Å². The fraction of sp³-hybridized carbons (Fsp3) is 0.400. The molecule has 0 amide bonds. The van der Waals surface area contributed by atoms with Crippen molar-refractivity contribution in [3.8, 4) is 11.6 Å². The molecule has 1 saturated carbocycles. The number of anilines is 1. The average Bonchev–Trinajstić information content (AvgIpc) is 2.68. The zero-order valence-corrected chi connectivity index (χ0v) is 17.9. The van der Waals surface area contributed by atoms with E-state index in [0.717, 1.165) is 29.8 Å². The van der Waals surface area contributed by atoms with E-state index in [4.69, 9.17) is 15.2 Å². The zero-order chi connectivity index (χ0) is 18.2. The van der Waals surface area contributed by atoms with Gasteiger partial charge in [-0.2, -0.15) is 0 Å². The van der Waals surface area contributed by atoms with Gasteiger partial charge in [0.1, 0.15) is 11.9 Å². The van der Waals surface area contributed by atoms with Gasteiger partial charge in [-0.15, -0.1) is 24.0 Å². The van der Waals surface area contributed by atoms with Crippen LogP contribution in [0.25, 0.3) is 0 Å². The third kappa shape index (κ3) is 6.57. The number of nitrogens with two attached hydrogens (primary N) is 1. The van der Waals surface area contributed by atoms with E-state index in [9.17, 15) is 0 Å². The molecular weight excluding hydrogens is 455 g/mol. The van der Waals surface area contributed by atoms with Gasteiger partial charge in [-0.25, -0.2) is 9.98 Å². The van der Waals surface area contributed by atoms with Gasteiger partial charge >= 0.3 is 0 Å². The molecule has 27 heavy (non-hydrogen) atoms. The SMILES string of the molecule is COc1ccccc1NC(N)=NCc1ccnc(OC2CCCCC2)c1.I. The van der Waals surface area contributed by atoms with Gasteiger partial charge in [0, 0.05) is 12.3 Å². The van der Waals surface area contributed by atoms with Crippen molar-refractivity contribution >= 4 is 35.6 Å². The number of guanidine groups is 1. The summed E-state index contributed by atoms with van der Waals surface area (Å²) in [5.74, 6) is 1.72. The molecule has 0 spiro atoms. The standard InChI is InChI=1S/C20H26N4O2.HI/c1-25-18-10-6-5-9-17(18)24-20(21)23-14-15-11-12-22-19(13-15)26-16-7-3-2-4-8-16;/h5-6,9-13,16H,2-4,7-8,14H2,1H3,(H3,21,23,24);1H. The molecule has 0 bridgehead atoms. The summed E-state index contributed by atoms with van der Waals surface area (Å²) in [5, 5.41) is 3.07. The quantitative estimate of drug-likeness (QED) is 0.364. The highest BCUT2D eigenvalue weighted by Gasteiger charge is 2.15. The highest BCUT2D eigenvalue weighted by molar-refractivity contribution is 14.0. The number of ether oxygens (including phenoxy) is 2. The molecule has 1 fully saturated rings. The lowest BCUT2D eigenvalue weighted by Crippen LogP contribution is -2.23. The predicted molar refractivity (Wildman–Crippen MR) is 119 cm³/mol. The van der Waals surface area contributed by atoms with E-state index >= 15 is 0 Å². The van der Waals surface area contributed by atoms with Gasteiger partial charge in [0.05, 0.1) is 19.3 Å². The molecule has 2 aromatic rings. The third-order valence-electron chi connectivity index (χ3n) is 4.44. The topological polar surface area (TPSA) is 81.8 Å². The number of nitrogens with one attached hydrogen (secondary N) is 1. The molecule has 0 radical (unpaired) electrons. The Kier molecular flexibility index (Phi) is 8.63. The highest BCUT2D eigenvalue weighted by atomic mass is 127. The molecule has 0 unspecified atom stereocenters. The molecule has 6 nitrogen and oxygen atoms in total. The Labute approximate surface area is 177 Å². The van der Waals surface area contributed by atoms with Crippen molar-refractivity contribution in [3.05, 3.63) is 48.2 Å². The molecule has 146 valence electrons. The smallest absolute Gasteiger partial charge is 0.213 e. The van der Waals surface area contributed by atoms with Crippen molar-refractivity contribution in [1.82, 2.24) is 4.98 Å². The lowest BCUT2D eigenvalue weighted by molar-refractivity contribution is 0.148. The summed E-state index contributed by atoms with van der Waals surface area (Å²) in [6.45, 7) is 0.456. The van der Waals surface area contributed by atoms with Gasteiger partial charge < -0.3 is 20.5 Å². The van der Waals surface area contributed by atoms with E-state index < -0.39 is 0 Å².